The lowest BCUT2D eigenvalue weighted by molar-refractivity contribution is -0.139. The zero-order valence-corrected chi connectivity index (χ0v) is 16.7. The molecule has 8 nitrogen and oxygen atoms in total. The van der Waals surface area contributed by atoms with Crippen LogP contribution in [0.1, 0.15) is 25.1 Å². The van der Waals surface area contributed by atoms with Crippen LogP contribution >= 0.6 is 0 Å². The number of rotatable bonds is 4. The quantitative estimate of drug-likeness (QED) is 0.665. The molecule has 2 aliphatic rings. The van der Waals surface area contributed by atoms with Crippen molar-refractivity contribution in [1.82, 2.24) is 25.1 Å². The number of benzene rings is 2. The fourth-order valence-corrected chi connectivity index (χ4v) is 4.15. The molecular formula is C22H24N6O2. The number of nitrogens with zero attached hydrogens (tertiary/aromatic N) is 6. The summed E-state index contributed by atoms with van der Waals surface area (Å²) in [7, 11) is 0. The molecule has 1 saturated heterocycles. The third kappa shape index (κ3) is 3.60. The van der Waals surface area contributed by atoms with E-state index in [1.807, 2.05) is 59.5 Å². The van der Waals surface area contributed by atoms with Crippen LogP contribution in [0.25, 0.3) is 5.69 Å². The first kappa shape index (κ1) is 18.6. The highest BCUT2D eigenvalue weighted by Gasteiger charge is 2.34. The van der Waals surface area contributed by atoms with E-state index in [1.54, 1.807) is 4.68 Å². The predicted octanol–water partition coefficient (Wildman–Crippen LogP) is 2.44. The SMILES string of the molecule is O=C(C1CN(Cc2nnnn2-c2ccccc2)c2ccccc2O1)N1CCCCC1. The molecule has 1 aromatic heterocycles. The number of hydrogen-bond acceptors (Lipinski definition) is 6. The number of aromatic nitrogens is 4. The van der Waals surface area contributed by atoms with Crippen LogP contribution < -0.4 is 9.64 Å². The van der Waals surface area contributed by atoms with Gasteiger partial charge in [-0.1, -0.05) is 30.3 Å². The van der Waals surface area contributed by atoms with E-state index in [2.05, 4.69) is 20.4 Å². The fraction of sp³-hybridized carbons (Fsp3) is 0.364. The second kappa shape index (κ2) is 8.14. The van der Waals surface area contributed by atoms with Crippen molar-refractivity contribution in [2.24, 2.45) is 0 Å². The summed E-state index contributed by atoms with van der Waals surface area (Å²) in [6, 6.07) is 17.6. The first-order valence-corrected chi connectivity index (χ1v) is 10.4. The highest BCUT2D eigenvalue weighted by molar-refractivity contribution is 5.83. The third-order valence-electron chi connectivity index (χ3n) is 5.67. The predicted molar refractivity (Wildman–Crippen MR) is 111 cm³/mol. The summed E-state index contributed by atoms with van der Waals surface area (Å²) in [4.78, 5) is 17.2. The number of carbonyl (C=O) groups excluding carboxylic acids is 1. The van der Waals surface area contributed by atoms with E-state index in [0.717, 1.165) is 43.1 Å². The number of likely N-dealkylation sites (tertiary alicyclic amines) is 1. The molecule has 0 aliphatic carbocycles. The first-order chi connectivity index (χ1) is 14.8. The average molecular weight is 404 g/mol. The summed E-state index contributed by atoms with van der Waals surface area (Å²) in [5, 5.41) is 12.3. The van der Waals surface area contributed by atoms with Crippen molar-refractivity contribution in [2.45, 2.75) is 31.9 Å². The van der Waals surface area contributed by atoms with Crippen molar-refractivity contribution >= 4 is 11.6 Å². The minimum atomic E-state index is -0.529. The topological polar surface area (TPSA) is 76.4 Å². The van der Waals surface area contributed by atoms with Crippen molar-refractivity contribution in [3.05, 3.63) is 60.4 Å². The number of carbonyl (C=O) groups is 1. The van der Waals surface area contributed by atoms with Gasteiger partial charge in [-0.2, -0.15) is 4.68 Å². The van der Waals surface area contributed by atoms with E-state index < -0.39 is 6.10 Å². The highest BCUT2D eigenvalue weighted by Crippen LogP contribution is 2.34. The van der Waals surface area contributed by atoms with Crippen LogP contribution in [0.2, 0.25) is 0 Å². The van der Waals surface area contributed by atoms with Crippen LogP contribution in [0.15, 0.2) is 54.6 Å². The lowest BCUT2D eigenvalue weighted by Crippen LogP contribution is -2.51. The molecule has 0 radical (unpaired) electrons. The summed E-state index contributed by atoms with van der Waals surface area (Å²) in [5.74, 6) is 1.50. The number of amides is 1. The van der Waals surface area contributed by atoms with Gasteiger partial charge in [-0.25, -0.2) is 0 Å². The molecule has 8 heteroatoms. The first-order valence-electron chi connectivity index (χ1n) is 10.4. The van der Waals surface area contributed by atoms with Crippen molar-refractivity contribution in [2.75, 3.05) is 24.5 Å². The van der Waals surface area contributed by atoms with Gasteiger partial charge < -0.3 is 14.5 Å². The van der Waals surface area contributed by atoms with Crippen molar-refractivity contribution in [1.29, 1.82) is 0 Å². The standard InChI is InChI=1S/C22H24N6O2/c29-22(26-13-7-2-8-14-26)20-15-27(18-11-5-6-12-19(18)30-20)16-21-23-24-25-28(21)17-9-3-1-4-10-17/h1,3-6,9-12,20H,2,7-8,13-16H2. The number of hydrogen-bond donors (Lipinski definition) is 0. The van der Waals surface area contributed by atoms with Gasteiger partial charge in [0.25, 0.3) is 5.91 Å². The Hall–Kier alpha value is -3.42. The van der Waals surface area contributed by atoms with Crippen LogP contribution in [0.3, 0.4) is 0 Å². The molecule has 0 N–H and O–H groups in total. The normalized spacial score (nSPS) is 18.6. The summed E-state index contributed by atoms with van der Waals surface area (Å²) in [6.45, 7) is 2.57. The molecule has 154 valence electrons. The largest absolute Gasteiger partial charge is 0.477 e. The minimum Gasteiger partial charge on any atom is -0.477 e. The molecule has 1 fully saturated rings. The summed E-state index contributed by atoms with van der Waals surface area (Å²) in [5.41, 5.74) is 1.85. The molecule has 3 aromatic rings. The Morgan fingerprint density at radius 1 is 1.00 bits per heavy atom. The van der Waals surface area contributed by atoms with E-state index in [-0.39, 0.29) is 5.91 Å². The number of ether oxygens (including phenoxy) is 1. The molecule has 0 spiro atoms. The molecule has 3 heterocycles. The van der Waals surface area contributed by atoms with E-state index in [0.29, 0.717) is 18.9 Å². The van der Waals surface area contributed by atoms with Gasteiger partial charge in [0.15, 0.2) is 11.9 Å². The maximum Gasteiger partial charge on any atom is 0.265 e. The molecule has 1 atom stereocenters. The van der Waals surface area contributed by atoms with E-state index in [9.17, 15) is 4.79 Å². The Labute approximate surface area is 175 Å². The van der Waals surface area contributed by atoms with Crippen LogP contribution in [0.5, 0.6) is 5.75 Å². The van der Waals surface area contributed by atoms with E-state index in [1.165, 1.54) is 6.42 Å². The molecular weight excluding hydrogens is 380 g/mol. The second-order valence-electron chi connectivity index (χ2n) is 7.68. The van der Waals surface area contributed by atoms with Gasteiger partial charge >= 0.3 is 0 Å². The summed E-state index contributed by atoms with van der Waals surface area (Å²) in [6.07, 6.45) is 2.78. The lowest BCUT2D eigenvalue weighted by Gasteiger charge is -2.38. The Morgan fingerprint density at radius 2 is 1.77 bits per heavy atom. The van der Waals surface area contributed by atoms with Crippen molar-refractivity contribution in [3.63, 3.8) is 0 Å². The van der Waals surface area contributed by atoms with Gasteiger partial charge in [0.2, 0.25) is 0 Å². The van der Waals surface area contributed by atoms with Crippen LogP contribution in [0.4, 0.5) is 5.69 Å². The van der Waals surface area contributed by atoms with Gasteiger partial charge in [0, 0.05) is 13.1 Å². The monoisotopic (exact) mass is 404 g/mol. The number of anilines is 1. The van der Waals surface area contributed by atoms with Crippen LogP contribution in [-0.4, -0.2) is 56.8 Å². The Bertz CT molecular complexity index is 1020. The molecule has 1 unspecified atom stereocenters. The number of piperidine rings is 1. The second-order valence-corrected chi connectivity index (χ2v) is 7.68. The molecule has 5 rings (SSSR count). The highest BCUT2D eigenvalue weighted by atomic mass is 16.5. The number of fused-ring (bicyclic) bond motifs is 1. The molecule has 1 amide bonds. The molecule has 0 bridgehead atoms. The third-order valence-corrected chi connectivity index (χ3v) is 5.67. The summed E-state index contributed by atoms with van der Waals surface area (Å²) >= 11 is 0. The van der Waals surface area contributed by atoms with Crippen LogP contribution in [0, 0.1) is 0 Å². The molecule has 0 saturated carbocycles. The van der Waals surface area contributed by atoms with Gasteiger partial charge in [-0.15, -0.1) is 5.10 Å². The zero-order chi connectivity index (χ0) is 20.3. The number of tetrazole rings is 1. The molecule has 30 heavy (non-hydrogen) atoms. The summed E-state index contributed by atoms with van der Waals surface area (Å²) < 4.78 is 7.86. The zero-order valence-electron chi connectivity index (χ0n) is 16.7. The lowest BCUT2D eigenvalue weighted by atomic mass is 10.1. The van der Waals surface area contributed by atoms with Crippen LogP contribution in [-0.2, 0) is 11.3 Å². The fourth-order valence-electron chi connectivity index (χ4n) is 4.15. The van der Waals surface area contributed by atoms with E-state index >= 15 is 0 Å². The van der Waals surface area contributed by atoms with Gasteiger partial charge in [0.1, 0.15) is 5.75 Å². The van der Waals surface area contributed by atoms with Gasteiger partial charge in [0.05, 0.1) is 24.5 Å². The van der Waals surface area contributed by atoms with Crippen molar-refractivity contribution < 1.29 is 9.53 Å². The van der Waals surface area contributed by atoms with Gasteiger partial charge in [-0.05, 0) is 54.0 Å². The van der Waals surface area contributed by atoms with Crippen molar-refractivity contribution in [3.8, 4) is 11.4 Å². The Kier molecular flexibility index (Phi) is 5.04. The van der Waals surface area contributed by atoms with E-state index in [4.69, 9.17) is 4.74 Å². The average Bonchev–Trinajstić information content (AvgIpc) is 3.28. The maximum absolute atomic E-state index is 13.1. The van der Waals surface area contributed by atoms with Gasteiger partial charge in [-0.3, -0.25) is 4.79 Å². The Balaban J connectivity index is 1.42. The Morgan fingerprint density at radius 3 is 2.60 bits per heavy atom. The molecule has 2 aromatic carbocycles. The maximum atomic E-state index is 13.1. The smallest absolute Gasteiger partial charge is 0.265 e. The molecule has 2 aliphatic heterocycles. The number of para-hydroxylation sites is 3. The minimum absolute atomic E-state index is 0.0665.